The van der Waals surface area contributed by atoms with E-state index in [-0.39, 0.29) is 0 Å². The lowest BCUT2D eigenvalue weighted by Gasteiger charge is -2.25. The molecule has 0 aliphatic rings. The van der Waals surface area contributed by atoms with E-state index in [1.54, 1.807) is 0 Å². The minimum atomic E-state index is -0.484. The van der Waals surface area contributed by atoms with Gasteiger partial charge in [-0.3, -0.25) is 0 Å². The van der Waals surface area contributed by atoms with Gasteiger partial charge in [0.15, 0.2) is 0 Å². The van der Waals surface area contributed by atoms with Crippen LogP contribution in [0.25, 0.3) is 0 Å². The Hall–Kier alpha value is 0.177. The maximum atomic E-state index is 3.42. The third-order valence-corrected chi connectivity index (χ3v) is 8.09. The Balaban J connectivity index is 3.74. The van der Waals surface area contributed by atoms with Gasteiger partial charge in [0.1, 0.15) is 0 Å². The highest BCUT2D eigenvalue weighted by Gasteiger charge is 2.20. The van der Waals surface area contributed by atoms with E-state index in [0.29, 0.717) is 0 Å². The van der Waals surface area contributed by atoms with Crippen LogP contribution in [0.1, 0.15) is 47.5 Å². The highest BCUT2D eigenvalue weighted by molar-refractivity contribution is 6.61. The quantitative estimate of drug-likeness (QED) is 0.483. The van der Waals surface area contributed by atoms with E-state index in [0.717, 1.165) is 17.6 Å². The van der Waals surface area contributed by atoms with Gasteiger partial charge in [-0.15, -0.1) is 0 Å². The second-order valence-corrected chi connectivity index (χ2v) is 9.17. The van der Waals surface area contributed by atoms with Crippen molar-refractivity contribution in [1.29, 1.82) is 0 Å². The van der Waals surface area contributed by atoms with Crippen LogP contribution < -0.4 is 5.32 Å². The van der Waals surface area contributed by atoms with Gasteiger partial charge in [-0.05, 0) is 19.5 Å². The molecule has 86 valence electrons. The monoisotopic (exact) mass is 215 g/mol. The fourth-order valence-corrected chi connectivity index (χ4v) is 6.05. The first kappa shape index (κ1) is 14.2. The summed E-state index contributed by atoms with van der Waals surface area (Å²) in [5.74, 6) is 0. The van der Waals surface area contributed by atoms with Crippen LogP contribution in [-0.4, -0.2) is 21.9 Å². The molecule has 0 aromatic heterocycles. The average molecular weight is 215 g/mol. The third kappa shape index (κ3) is 5.81. The molecule has 0 spiro atoms. The Kier molecular flexibility index (Phi) is 8.59. The molecule has 0 aromatic rings. The van der Waals surface area contributed by atoms with Gasteiger partial charge in [-0.2, -0.15) is 0 Å². The average Bonchev–Trinajstić information content (AvgIpc) is 2.16. The van der Waals surface area contributed by atoms with Crippen molar-refractivity contribution in [3.63, 3.8) is 0 Å². The molecule has 14 heavy (non-hydrogen) atoms. The number of hydrogen-bond donors (Lipinski definition) is 1. The van der Waals surface area contributed by atoms with Crippen LogP contribution in [0.5, 0.6) is 0 Å². The summed E-state index contributed by atoms with van der Waals surface area (Å²) in [4.78, 5) is 0. The molecular formula is C12H29NSi. The summed E-state index contributed by atoms with van der Waals surface area (Å²) in [5.41, 5.74) is 2.00. The fourth-order valence-electron chi connectivity index (χ4n) is 2.22. The topological polar surface area (TPSA) is 12.0 Å². The second kappa shape index (κ2) is 8.48. The van der Waals surface area contributed by atoms with Crippen LogP contribution in [0.4, 0.5) is 0 Å². The van der Waals surface area contributed by atoms with Gasteiger partial charge in [0, 0.05) is 8.80 Å². The lowest BCUT2D eigenvalue weighted by molar-refractivity contribution is 0.691. The summed E-state index contributed by atoms with van der Waals surface area (Å²) in [7, 11) is -0.484. The molecule has 0 amide bonds. The van der Waals surface area contributed by atoms with Gasteiger partial charge >= 0.3 is 0 Å². The van der Waals surface area contributed by atoms with E-state index >= 15 is 0 Å². The zero-order valence-electron chi connectivity index (χ0n) is 10.8. The second-order valence-electron chi connectivity index (χ2n) is 4.79. The first-order chi connectivity index (χ1) is 6.63. The number of hydrogen-bond acceptors (Lipinski definition) is 1. The Labute approximate surface area is 92.3 Å². The largest absolute Gasteiger partial charge is 0.317 e. The summed E-state index contributed by atoms with van der Waals surface area (Å²) in [6.07, 6.45) is 2.78. The van der Waals surface area contributed by atoms with Gasteiger partial charge in [0.25, 0.3) is 0 Å². The fraction of sp³-hybridized carbons (Fsp3) is 1.00. The van der Waals surface area contributed by atoms with Gasteiger partial charge in [-0.25, -0.2) is 0 Å². The molecule has 0 saturated heterocycles. The third-order valence-electron chi connectivity index (χ3n) is 3.37. The molecule has 0 saturated carbocycles. The minimum absolute atomic E-state index is 0.484. The van der Waals surface area contributed by atoms with Crippen molar-refractivity contribution in [3.05, 3.63) is 0 Å². The van der Waals surface area contributed by atoms with Crippen LogP contribution in [0, 0.1) is 0 Å². The van der Waals surface area contributed by atoms with Crippen LogP contribution in [0.2, 0.25) is 17.1 Å². The van der Waals surface area contributed by atoms with Crippen molar-refractivity contribution in [1.82, 2.24) is 5.32 Å². The molecule has 2 unspecified atom stereocenters. The Morgan fingerprint density at radius 2 is 1.79 bits per heavy atom. The van der Waals surface area contributed by atoms with E-state index in [9.17, 15) is 0 Å². The first-order valence-corrected chi connectivity index (χ1v) is 8.49. The summed E-state index contributed by atoms with van der Waals surface area (Å²) >= 11 is 0. The lowest BCUT2D eigenvalue weighted by Crippen LogP contribution is -2.24. The highest BCUT2D eigenvalue weighted by Crippen LogP contribution is 2.27. The smallest absolute Gasteiger partial charge is 0.0422 e. The van der Waals surface area contributed by atoms with Crippen molar-refractivity contribution < 1.29 is 0 Å². The van der Waals surface area contributed by atoms with E-state index in [2.05, 4.69) is 39.9 Å². The van der Waals surface area contributed by atoms with Crippen LogP contribution in [0.3, 0.4) is 0 Å². The summed E-state index contributed by atoms with van der Waals surface area (Å²) in [6.45, 7) is 14.2. The van der Waals surface area contributed by atoms with E-state index in [4.69, 9.17) is 0 Å². The summed E-state index contributed by atoms with van der Waals surface area (Å²) in [6, 6.07) is 1.53. The molecule has 0 fully saturated rings. The zero-order chi connectivity index (χ0) is 11.0. The molecule has 0 heterocycles. The van der Waals surface area contributed by atoms with E-state index in [1.807, 2.05) is 0 Å². The van der Waals surface area contributed by atoms with Crippen molar-refractivity contribution >= 4 is 8.80 Å². The predicted octanol–water partition coefficient (Wildman–Crippen LogP) is 3.42. The molecule has 0 aromatic carbocycles. The molecule has 0 aliphatic heterocycles. The van der Waals surface area contributed by atoms with Gasteiger partial charge < -0.3 is 5.32 Å². The standard InChI is InChI=1S/C12H29NSi/c1-6-12(5)14(11(3)4)10-8-9-13-7-2/h11-14H,6-10H2,1-5H3. The zero-order valence-corrected chi connectivity index (χ0v) is 11.9. The minimum Gasteiger partial charge on any atom is -0.317 e. The van der Waals surface area contributed by atoms with Crippen LogP contribution in [0.15, 0.2) is 0 Å². The maximum absolute atomic E-state index is 3.42. The molecule has 2 atom stereocenters. The van der Waals surface area contributed by atoms with Crippen molar-refractivity contribution in [2.75, 3.05) is 13.1 Å². The van der Waals surface area contributed by atoms with E-state index in [1.165, 1.54) is 25.4 Å². The Morgan fingerprint density at radius 1 is 1.14 bits per heavy atom. The highest BCUT2D eigenvalue weighted by atomic mass is 28.3. The normalized spacial score (nSPS) is 15.9. The molecule has 0 bridgehead atoms. The van der Waals surface area contributed by atoms with Gasteiger partial charge in [0.05, 0.1) is 0 Å². The van der Waals surface area contributed by atoms with Crippen LogP contribution >= 0.6 is 0 Å². The van der Waals surface area contributed by atoms with Gasteiger partial charge in [0.2, 0.25) is 0 Å². The summed E-state index contributed by atoms with van der Waals surface area (Å²) in [5, 5.41) is 3.42. The summed E-state index contributed by atoms with van der Waals surface area (Å²) < 4.78 is 0. The van der Waals surface area contributed by atoms with E-state index < -0.39 is 8.80 Å². The molecular weight excluding hydrogens is 186 g/mol. The molecule has 1 N–H and O–H groups in total. The first-order valence-electron chi connectivity index (χ1n) is 6.34. The molecule has 0 radical (unpaired) electrons. The lowest BCUT2D eigenvalue weighted by atomic mass is 10.4. The van der Waals surface area contributed by atoms with Crippen molar-refractivity contribution in [3.8, 4) is 0 Å². The number of nitrogens with one attached hydrogen (secondary N) is 1. The van der Waals surface area contributed by atoms with Crippen molar-refractivity contribution in [2.45, 2.75) is 64.6 Å². The Bertz CT molecular complexity index is 125. The SMILES string of the molecule is CCNCCC[SiH](C(C)C)C(C)CC. The molecule has 0 aliphatic carbocycles. The van der Waals surface area contributed by atoms with Crippen molar-refractivity contribution in [2.24, 2.45) is 0 Å². The number of rotatable bonds is 8. The predicted molar refractivity (Wildman–Crippen MR) is 69.9 cm³/mol. The Morgan fingerprint density at radius 3 is 2.21 bits per heavy atom. The molecule has 0 rings (SSSR count). The molecule has 1 nitrogen and oxygen atoms in total. The maximum Gasteiger partial charge on any atom is 0.0422 e. The van der Waals surface area contributed by atoms with Crippen LogP contribution in [-0.2, 0) is 0 Å². The van der Waals surface area contributed by atoms with Gasteiger partial charge in [-0.1, -0.05) is 58.2 Å². The molecule has 2 heteroatoms.